The predicted molar refractivity (Wildman–Crippen MR) is 121 cm³/mol. The highest BCUT2D eigenvalue weighted by atomic mass is 16.3. The zero-order valence-corrected chi connectivity index (χ0v) is 17.9. The number of H-pyrrole nitrogens is 1. The van der Waals surface area contributed by atoms with Gasteiger partial charge in [-0.2, -0.15) is 9.61 Å². The second-order valence-corrected chi connectivity index (χ2v) is 8.94. The minimum atomic E-state index is -0.712. The average Bonchev–Trinajstić information content (AvgIpc) is 3.54. The maximum Gasteiger partial charge on any atom is 0.165 e. The number of piperidine rings is 1. The summed E-state index contributed by atoms with van der Waals surface area (Å²) in [5.41, 5.74) is 11.4. The molecule has 2 aliphatic rings. The fraction of sp³-hybridized carbons (Fsp3) is 0.391. The van der Waals surface area contributed by atoms with Crippen molar-refractivity contribution in [2.24, 2.45) is 0 Å². The van der Waals surface area contributed by atoms with Gasteiger partial charge in [-0.25, -0.2) is 9.97 Å². The molecule has 6 heterocycles. The Balaban J connectivity index is 1.46. The number of pyridine rings is 1. The van der Waals surface area contributed by atoms with Crippen LogP contribution in [0.2, 0.25) is 0 Å². The van der Waals surface area contributed by atoms with Crippen molar-refractivity contribution in [3.8, 4) is 22.6 Å². The molecule has 2 aliphatic heterocycles. The van der Waals surface area contributed by atoms with Crippen LogP contribution in [0.15, 0.2) is 36.9 Å². The lowest BCUT2D eigenvalue weighted by molar-refractivity contribution is 0.196. The monoisotopic (exact) mass is 430 g/mol. The van der Waals surface area contributed by atoms with E-state index in [0.717, 1.165) is 41.2 Å². The van der Waals surface area contributed by atoms with E-state index in [2.05, 4.69) is 25.4 Å². The number of imidazole rings is 1. The van der Waals surface area contributed by atoms with Crippen LogP contribution in [-0.2, 0) is 0 Å². The number of nitrogens with zero attached hydrogens (tertiary/aromatic N) is 5. The number of rotatable bonds is 4. The molecule has 0 aromatic carbocycles. The number of aliphatic hydroxyl groups excluding tert-OH is 1. The zero-order chi connectivity index (χ0) is 21.8. The lowest BCUT2D eigenvalue weighted by Gasteiger charge is -2.30. The second kappa shape index (κ2) is 7.39. The number of fused-ring (bicyclic) bond motifs is 3. The Kier molecular flexibility index (Phi) is 4.48. The van der Waals surface area contributed by atoms with E-state index in [-0.39, 0.29) is 5.92 Å². The van der Waals surface area contributed by atoms with Gasteiger partial charge in [-0.3, -0.25) is 4.98 Å². The molecular formula is C23H26N8O. The number of nitrogens with two attached hydrogens (primary N) is 1. The lowest BCUT2D eigenvalue weighted by atomic mass is 9.86. The first kappa shape index (κ1) is 19.4. The Morgan fingerprint density at radius 1 is 1.16 bits per heavy atom. The molecular weight excluding hydrogens is 404 g/mol. The SMILES string of the molecule is CC(O)c1c(C2CC3CCC(C2)N3)nc2c(-c3ccc(-c4ncc[nH]4)nc3)cnn2c1N. The van der Waals surface area contributed by atoms with Crippen LogP contribution in [0.1, 0.15) is 55.9 Å². The fourth-order valence-electron chi connectivity index (χ4n) is 5.37. The van der Waals surface area contributed by atoms with Crippen molar-refractivity contribution in [1.82, 2.24) is 34.9 Å². The molecule has 9 nitrogen and oxygen atoms in total. The number of nitrogen functional groups attached to an aromatic ring is 1. The maximum atomic E-state index is 10.6. The first-order chi connectivity index (χ1) is 15.6. The second-order valence-electron chi connectivity index (χ2n) is 8.94. The van der Waals surface area contributed by atoms with Crippen LogP contribution < -0.4 is 11.1 Å². The van der Waals surface area contributed by atoms with Crippen LogP contribution >= 0.6 is 0 Å². The molecule has 0 spiro atoms. The van der Waals surface area contributed by atoms with Crippen molar-refractivity contribution >= 4 is 11.5 Å². The minimum Gasteiger partial charge on any atom is -0.388 e. The molecule has 3 atom stereocenters. The summed E-state index contributed by atoms with van der Waals surface area (Å²) in [6.45, 7) is 1.75. The van der Waals surface area contributed by atoms with Crippen LogP contribution in [0.3, 0.4) is 0 Å². The summed E-state index contributed by atoms with van der Waals surface area (Å²) in [6.07, 6.45) is 10.8. The first-order valence-electron chi connectivity index (χ1n) is 11.2. The van der Waals surface area contributed by atoms with E-state index in [9.17, 15) is 5.11 Å². The molecule has 5 N–H and O–H groups in total. The van der Waals surface area contributed by atoms with Gasteiger partial charge >= 0.3 is 0 Å². The molecule has 4 aromatic heterocycles. The molecule has 0 aliphatic carbocycles. The summed E-state index contributed by atoms with van der Waals surface area (Å²) >= 11 is 0. The number of aromatic nitrogens is 6. The summed E-state index contributed by atoms with van der Waals surface area (Å²) < 4.78 is 1.64. The van der Waals surface area contributed by atoms with Gasteiger partial charge in [-0.15, -0.1) is 0 Å². The maximum absolute atomic E-state index is 10.6. The normalized spacial score (nSPS) is 23.6. The van der Waals surface area contributed by atoms with Crippen LogP contribution in [0, 0.1) is 0 Å². The molecule has 9 heteroatoms. The van der Waals surface area contributed by atoms with Crippen molar-refractivity contribution in [2.75, 3.05) is 5.73 Å². The van der Waals surface area contributed by atoms with Gasteiger partial charge in [-0.05, 0) is 38.7 Å². The number of nitrogens with one attached hydrogen (secondary N) is 2. The highest BCUT2D eigenvalue weighted by Crippen LogP contribution is 2.41. The number of aromatic amines is 1. The average molecular weight is 431 g/mol. The summed E-state index contributed by atoms with van der Waals surface area (Å²) in [6, 6.07) is 4.95. The van der Waals surface area contributed by atoms with Crippen molar-refractivity contribution in [3.63, 3.8) is 0 Å². The van der Waals surface area contributed by atoms with E-state index >= 15 is 0 Å². The van der Waals surface area contributed by atoms with Gasteiger partial charge in [0.1, 0.15) is 11.5 Å². The third kappa shape index (κ3) is 3.08. The van der Waals surface area contributed by atoms with Gasteiger partial charge in [0.2, 0.25) is 0 Å². The molecule has 164 valence electrons. The molecule has 2 saturated heterocycles. The number of hydrogen-bond donors (Lipinski definition) is 4. The molecule has 2 bridgehead atoms. The third-order valence-corrected chi connectivity index (χ3v) is 6.84. The van der Waals surface area contributed by atoms with E-state index < -0.39 is 6.10 Å². The van der Waals surface area contributed by atoms with Gasteiger partial charge in [0.05, 0.1) is 18.0 Å². The molecule has 3 unspecified atom stereocenters. The Morgan fingerprint density at radius 3 is 2.62 bits per heavy atom. The van der Waals surface area contributed by atoms with Gasteiger partial charge in [-0.1, -0.05) is 6.07 Å². The van der Waals surface area contributed by atoms with Crippen molar-refractivity contribution in [3.05, 3.63) is 48.2 Å². The smallest absolute Gasteiger partial charge is 0.165 e. The lowest BCUT2D eigenvalue weighted by Crippen LogP contribution is -2.37. The summed E-state index contributed by atoms with van der Waals surface area (Å²) in [4.78, 5) is 17.0. The van der Waals surface area contributed by atoms with Gasteiger partial charge in [0.15, 0.2) is 11.5 Å². The standard InChI is InChI=1S/C23H26N8O/c1-12(32)19-20(14-8-15-3-4-16(9-14)29-15)30-23-17(11-28-31(23)21(19)24)13-2-5-18(27-10-13)22-25-6-7-26-22/h2,5-7,10-12,14-16,29,32H,3-4,8-9,24H2,1H3,(H,25,26). The Labute approximate surface area is 185 Å². The molecule has 0 radical (unpaired) electrons. The zero-order valence-electron chi connectivity index (χ0n) is 17.9. The predicted octanol–water partition coefficient (Wildman–Crippen LogP) is 2.81. The topological polar surface area (TPSA) is 130 Å². The fourth-order valence-corrected chi connectivity index (χ4v) is 5.37. The molecule has 2 fully saturated rings. The van der Waals surface area contributed by atoms with Gasteiger partial charge in [0, 0.05) is 53.3 Å². The number of anilines is 1. The van der Waals surface area contributed by atoms with Gasteiger partial charge in [0.25, 0.3) is 0 Å². The summed E-state index contributed by atoms with van der Waals surface area (Å²) in [5, 5.41) is 18.8. The molecule has 0 saturated carbocycles. The van der Waals surface area contributed by atoms with Crippen LogP contribution in [0.5, 0.6) is 0 Å². The largest absolute Gasteiger partial charge is 0.388 e. The summed E-state index contributed by atoms with van der Waals surface area (Å²) in [7, 11) is 0. The molecule has 32 heavy (non-hydrogen) atoms. The first-order valence-corrected chi connectivity index (χ1v) is 11.2. The quantitative estimate of drug-likeness (QED) is 0.392. The van der Waals surface area contributed by atoms with Crippen LogP contribution in [0.4, 0.5) is 5.82 Å². The Bertz CT molecular complexity index is 1250. The van der Waals surface area contributed by atoms with E-state index in [1.54, 1.807) is 36.2 Å². The highest BCUT2D eigenvalue weighted by molar-refractivity contribution is 5.79. The molecule has 4 aromatic rings. The van der Waals surface area contributed by atoms with E-state index in [4.69, 9.17) is 10.7 Å². The van der Waals surface area contributed by atoms with Crippen LogP contribution in [0.25, 0.3) is 28.3 Å². The van der Waals surface area contributed by atoms with E-state index in [1.165, 1.54) is 12.8 Å². The minimum absolute atomic E-state index is 0.271. The van der Waals surface area contributed by atoms with E-state index in [0.29, 0.717) is 29.1 Å². The van der Waals surface area contributed by atoms with Crippen LogP contribution in [-0.4, -0.2) is 46.7 Å². The Hall–Kier alpha value is -3.30. The third-order valence-electron chi connectivity index (χ3n) is 6.84. The number of hydrogen-bond acceptors (Lipinski definition) is 7. The Morgan fingerprint density at radius 2 is 1.97 bits per heavy atom. The summed E-state index contributed by atoms with van der Waals surface area (Å²) in [5.74, 6) is 1.45. The van der Waals surface area contributed by atoms with Crippen molar-refractivity contribution in [1.29, 1.82) is 0 Å². The van der Waals surface area contributed by atoms with Crippen molar-refractivity contribution in [2.45, 2.75) is 56.7 Å². The molecule has 0 amide bonds. The highest BCUT2D eigenvalue weighted by Gasteiger charge is 2.37. The van der Waals surface area contributed by atoms with Crippen molar-refractivity contribution < 1.29 is 5.11 Å². The van der Waals surface area contributed by atoms with Gasteiger partial charge < -0.3 is 21.1 Å². The number of aliphatic hydroxyl groups is 1. The molecule has 6 rings (SSSR count). The van der Waals surface area contributed by atoms with E-state index in [1.807, 2.05) is 12.1 Å².